The van der Waals surface area contributed by atoms with E-state index in [1.165, 1.54) is 24.3 Å². The minimum atomic E-state index is -0.774. The summed E-state index contributed by atoms with van der Waals surface area (Å²) >= 11 is 0. The largest absolute Gasteiger partial charge is 0.423 e. The molecule has 3 aromatic rings. The van der Waals surface area contributed by atoms with Crippen LogP contribution < -0.4 is 48.4 Å². The lowest BCUT2D eigenvalue weighted by molar-refractivity contribution is 0.0734. The van der Waals surface area contributed by atoms with Crippen LogP contribution in [0.5, 0.6) is 11.5 Å². The predicted molar refractivity (Wildman–Crippen MR) is 192 cm³/mol. The van der Waals surface area contributed by atoms with Gasteiger partial charge in [-0.05, 0) is 82.3 Å². The highest BCUT2D eigenvalue weighted by Crippen LogP contribution is 2.23. The predicted octanol–water partition coefficient (Wildman–Crippen LogP) is 1.69. The van der Waals surface area contributed by atoms with Crippen molar-refractivity contribution in [3.63, 3.8) is 0 Å². The van der Waals surface area contributed by atoms with Crippen molar-refractivity contribution in [2.24, 2.45) is 37.6 Å². The SMILES string of the molecule is CN/N=C(/C)c1cc(OC(=O)c2cccc(C(=O)Oc3cc(/C(C)=N\NC(=N)N)cc(/C(C)=N\NC(=N)N)c3)c2)cc(/C(C)=N/NC(=N)N)c1. The van der Waals surface area contributed by atoms with Gasteiger partial charge in [-0.3, -0.25) is 16.2 Å². The molecule has 3 aromatic carbocycles. The van der Waals surface area contributed by atoms with Crippen LogP contribution in [0, 0.1) is 16.2 Å². The van der Waals surface area contributed by atoms with Gasteiger partial charge in [-0.2, -0.15) is 20.4 Å². The maximum atomic E-state index is 13.3. The van der Waals surface area contributed by atoms with Gasteiger partial charge < -0.3 is 32.1 Å². The number of hydrogen-bond donors (Lipinski definition) is 10. The summed E-state index contributed by atoms with van der Waals surface area (Å²) in [5.41, 5.74) is 30.1. The first kappa shape index (κ1) is 37.3. The van der Waals surface area contributed by atoms with E-state index in [0.29, 0.717) is 45.1 Å². The van der Waals surface area contributed by atoms with E-state index in [4.69, 9.17) is 42.9 Å². The molecular weight excluding hydrogens is 644 g/mol. The fourth-order valence-corrected chi connectivity index (χ4v) is 4.11. The second-order valence-electron chi connectivity index (χ2n) is 10.4. The summed E-state index contributed by atoms with van der Waals surface area (Å²) in [6.07, 6.45) is 0. The van der Waals surface area contributed by atoms with Crippen molar-refractivity contribution in [1.29, 1.82) is 16.2 Å². The Hall–Kier alpha value is -7.11. The van der Waals surface area contributed by atoms with E-state index in [2.05, 4.69) is 42.1 Å². The molecule has 18 nitrogen and oxygen atoms in total. The number of carbonyl (C=O) groups excluding carboxylic acids is 2. The van der Waals surface area contributed by atoms with Gasteiger partial charge in [-0.1, -0.05) is 6.07 Å². The zero-order valence-corrected chi connectivity index (χ0v) is 27.9. The highest BCUT2D eigenvalue weighted by molar-refractivity contribution is 6.06. The average molecular weight is 683 g/mol. The summed E-state index contributed by atoms with van der Waals surface area (Å²) in [5.74, 6) is -2.31. The van der Waals surface area contributed by atoms with Crippen molar-refractivity contribution in [2.45, 2.75) is 27.7 Å². The van der Waals surface area contributed by atoms with Gasteiger partial charge >= 0.3 is 11.9 Å². The van der Waals surface area contributed by atoms with Crippen molar-refractivity contribution in [2.75, 3.05) is 7.05 Å². The van der Waals surface area contributed by atoms with Crippen molar-refractivity contribution < 1.29 is 19.1 Å². The number of ether oxygens (including phenoxy) is 2. The number of hydrazone groups is 4. The molecule has 0 fully saturated rings. The van der Waals surface area contributed by atoms with Crippen LogP contribution in [0.3, 0.4) is 0 Å². The van der Waals surface area contributed by atoms with Gasteiger partial charge in [0.2, 0.25) is 17.9 Å². The van der Waals surface area contributed by atoms with Crippen LogP contribution in [0.4, 0.5) is 0 Å². The first-order valence-corrected chi connectivity index (χ1v) is 14.7. The van der Waals surface area contributed by atoms with Gasteiger partial charge in [0.25, 0.3) is 0 Å². The minimum absolute atomic E-state index is 0.0587. The normalized spacial score (nSPS) is 12.0. The second kappa shape index (κ2) is 17.2. The van der Waals surface area contributed by atoms with Gasteiger partial charge in [0.1, 0.15) is 11.5 Å². The lowest BCUT2D eigenvalue weighted by Gasteiger charge is -2.12. The van der Waals surface area contributed by atoms with E-state index in [1.807, 2.05) is 0 Å². The Morgan fingerprint density at radius 2 is 0.840 bits per heavy atom. The molecule has 0 aliphatic rings. The van der Waals surface area contributed by atoms with Gasteiger partial charge in [0, 0.05) is 29.3 Å². The maximum absolute atomic E-state index is 13.3. The van der Waals surface area contributed by atoms with Crippen molar-refractivity contribution in [3.05, 3.63) is 94.0 Å². The number of carbonyl (C=O) groups is 2. The van der Waals surface area contributed by atoms with Crippen LogP contribution in [0.2, 0.25) is 0 Å². The summed E-state index contributed by atoms with van der Waals surface area (Å²) in [5, 5.41) is 38.5. The number of esters is 2. The summed E-state index contributed by atoms with van der Waals surface area (Å²) in [7, 11) is 1.65. The standard InChI is InChI=1S/C32H38N14O4/c1-16(40-39-5)22-10-23(17(2)41-44-30(33)34)13-26(12-22)49-28(47)20-7-6-8-21(9-20)29(48)50-27-14-24(18(3)42-45-31(35)36)11-25(15-27)19(4)43-46-32(37)38/h6-15,39H,1-5H3,(H4,33,34,44)(H4,35,36,45)(H4,37,38,46)/b40-16-,41-17+,42-18-,43-19-. The summed E-state index contributed by atoms with van der Waals surface area (Å²) < 4.78 is 11.4. The minimum Gasteiger partial charge on any atom is -0.423 e. The summed E-state index contributed by atoms with van der Waals surface area (Å²) in [4.78, 5) is 26.7. The fourth-order valence-electron chi connectivity index (χ4n) is 4.11. The van der Waals surface area contributed by atoms with Crippen LogP contribution >= 0.6 is 0 Å². The molecule has 0 aliphatic carbocycles. The number of nitrogens with two attached hydrogens (primary N) is 3. The van der Waals surface area contributed by atoms with Crippen LogP contribution in [-0.2, 0) is 0 Å². The Labute approximate surface area is 287 Å². The molecule has 0 radical (unpaired) electrons. The smallest absolute Gasteiger partial charge is 0.343 e. The lowest BCUT2D eigenvalue weighted by Crippen LogP contribution is -2.27. The molecule has 0 spiro atoms. The molecule has 0 aromatic heterocycles. The monoisotopic (exact) mass is 682 g/mol. The Balaban J connectivity index is 1.93. The molecule has 18 heteroatoms. The third kappa shape index (κ3) is 11.0. The second-order valence-corrected chi connectivity index (χ2v) is 10.4. The molecule has 0 heterocycles. The number of guanidine groups is 3. The maximum Gasteiger partial charge on any atom is 0.343 e. The molecule has 3 rings (SSSR count). The molecule has 260 valence electrons. The fraction of sp³-hybridized carbons (Fsp3) is 0.156. The van der Waals surface area contributed by atoms with Crippen molar-refractivity contribution >= 4 is 52.7 Å². The summed E-state index contributed by atoms with van der Waals surface area (Å²) in [6.45, 7) is 6.76. The highest BCUT2D eigenvalue weighted by atomic mass is 16.5. The van der Waals surface area contributed by atoms with Crippen molar-refractivity contribution in [3.8, 4) is 11.5 Å². The van der Waals surface area contributed by atoms with E-state index in [-0.39, 0.29) is 40.5 Å². The molecule has 0 amide bonds. The first-order chi connectivity index (χ1) is 23.7. The molecule has 0 saturated heterocycles. The van der Waals surface area contributed by atoms with Gasteiger partial charge in [0.15, 0.2) is 0 Å². The zero-order valence-electron chi connectivity index (χ0n) is 27.9. The topological polar surface area (TPSA) is 300 Å². The Morgan fingerprint density at radius 3 is 1.14 bits per heavy atom. The van der Waals surface area contributed by atoms with Crippen LogP contribution in [0.15, 0.2) is 81.1 Å². The third-order valence-electron chi connectivity index (χ3n) is 6.55. The first-order valence-electron chi connectivity index (χ1n) is 14.7. The van der Waals surface area contributed by atoms with Crippen LogP contribution in [0.1, 0.15) is 70.7 Å². The zero-order chi connectivity index (χ0) is 37.0. The van der Waals surface area contributed by atoms with Crippen molar-refractivity contribution in [1.82, 2.24) is 21.7 Å². The number of benzene rings is 3. The molecular formula is C32H38N14O4. The Morgan fingerprint density at radius 1 is 0.540 bits per heavy atom. The number of nitrogens with one attached hydrogen (secondary N) is 7. The Kier molecular flexibility index (Phi) is 12.8. The molecule has 0 unspecified atom stereocenters. The Bertz CT molecular complexity index is 1900. The van der Waals surface area contributed by atoms with Gasteiger partial charge in [0.05, 0.1) is 34.0 Å². The lowest BCUT2D eigenvalue weighted by atomic mass is 10.0. The summed E-state index contributed by atoms with van der Waals surface area (Å²) in [6, 6.07) is 15.6. The van der Waals surface area contributed by atoms with E-state index >= 15 is 0 Å². The molecule has 13 N–H and O–H groups in total. The highest BCUT2D eigenvalue weighted by Gasteiger charge is 2.17. The van der Waals surface area contributed by atoms with E-state index in [9.17, 15) is 9.59 Å². The number of hydrogen-bond acceptors (Lipinski definition) is 12. The van der Waals surface area contributed by atoms with E-state index in [0.717, 1.165) is 0 Å². The number of nitrogens with zero attached hydrogens (tertiary/aromatic N) is 4. The van der Waals surface area contributed by atoms with E-state index < -0.39 is 11.9 Å². The number of rotatable bonds is 12. The quantitative estimate of drug-likeness (QED) is 0.0431. The average Bonchev–Trinajstić information content (AvgIpc) is 3.08. The van der Waals surface area contributed by atoms with E-state index in [1.54, 1.807) is 71.1 Å². The molecule has 0 aliphatic heterocycles. The molecule has 50 heavy (non-hydrogen) atoms. The van der Waals surface area contributed by atoms with Gasteiger partial charge in [-0.25, -0.2) is 25.9 Å². The molecule has 0 atom stereocenters. The van der Waals surface area contributed by atoms with Crippen LogP contribution in [0.25, 0.3) is 0 Å². The third-order valence-corrected chi connectivity index (χ3v) is 6.55. The van der Waals surface area contributed by atoms with Crippen LogP contribution in [-0.4, -0.2) is 59.7 Å². The van der Waals surface area contributed by atoms with Gasteiger partial charge in [-0.15, -0.1) is 0 Å². The molecule has 0 bridgehead atoms. The molecule has 0 saturated carbocycles.